The van der Waals surface area contributed by atoms with Gasteiger partial charge in [0, 0.05) is 5.41 Å². The van der Waals surface area contributed by atoms with Crippen LogP contribution in [0.1, 0.15) is 103 Å². The second-order valence-corrected chi connectivity index (χ2v) is 10.7. The first-order chi connectivity index (χ1) is 10.5. The van der Waals surface area contributed by atoms with Crippen LogP contribution in [0.2, 0.25) is 0 Å². The highest BCUT2D eigenvalue weighted by atomic mass is 16.7. The lowest BCUT2D eigenvalue weighted by molar-refractivity contribution is -0.344. The molecular weight excluding hydrogens is 296 g/mol. The van der Waals surface area contributed by atoms with Gasteiger partial charge in [-0.05, 0) is 44.4 Å². The Kier molecular flexibility index (Phi) is 8.05. The van der Waals surface area contributed by atoms with Crippen LogP contribution in [0.4, 0.5) is 0 Å². The summed E-state index contributed by atoms with van der Waals surface area (Å²) in [5.74, 6) is 0.259. The van der Waals surface area contributed by atoms with E-state index in [9.17, 15) is 0 Å². The summed E-state index contributed by atoms with van der Waals surface area (Å²) in [5.41, 5.74) is -0.0617. The summed E-state index contributed by atoms with van der Waals surface area (Å²) in [6, 6.07) is 0. The summed E-state index contributed by atoms with van der Waals surface area (Å²) >= 11 is 0. The molecule has 0 saturated heterocycles. The van der Waals surface area contributed by atoms with E-state index in [0.29, 0.717) is 11.8 Å². The van der Waals surface area contributed by atoms with Crippen LogP contribution in [0.3, 0.4) is 0 Å². The van der Waals surface area contributed by atoms with Gasteiger partial charge in [0.25, 0.3) is 0 Å². The Labute approximate surface area is 153 Å². The van der Waals surface area contributed by atoms with Gasteiger partial charge in [0.15, 0.2) is 5.79 Å². The van der Waals surface area contributed by atoms with Crippen molar-refractivity contribution in [3.63, 3.8) is 0 Å². The molecule has 0 rings (SSSR count). The highest BCUT2D eigenvalue weighted by Crippen LogP contribution is 2.43. The maximum Gasteiger partial charge on any atom is 0.171 e. The Balaban J connectivity index is 5.59. The third-order valence-electron chi connectivity index (χ3n) is 6.04. The number of hydrogen-bond donors (Lipinski definition) is 0. The van der Waals surface area contributed by atoms with E-state index >= 15 is 0 Å². The van der Waals surface area contributed by atoms with Crippen molar-refractivity contribution in [2.45, 2.75) is 120 Å². The molecule has 0 aromatic rings. The first-order valence-electron chi connectivity index (χ1n) is 9.85. The Bertz CT molecular complexity index is 374. The van der Waals surface area contributed by atoms with Crippen molar-refractivity contribution in [1.82, 2.24) is 0 Å². The molecule has 2 unspecified atom stereocenters. The lowest BCUT2D eigenvalue weighted by Gasteiger charge is -2.50. The Hall–Kier alpha value is -0.0800. The molecule has 0 saturated carbocycles. The van der Waals surface area contributed by atoms with Crippen LogP contribution >= 0.6 is 0 Å². The quantitative estimate of drug-likeness (QED) is 0.417. The number of rotatable bonds is 9. The summed E-state index contributed by atoms with van der Waals surface area (Å²) in [6.45, 7) is 29.0. The first-order valence-corrected chi connectivity index (χ1v) is 9.85. The molecule has 146 valence electrons. The topological polar surface area (TPSA) is 18.5 Å². The van der Waals surface area contributed by atoms with Crippen LogP contribution in [0.5, 0.6) is 0 Å². The molecule has 2 nitrogen and oxygen atoms in total. The van der Waals surface area contributed by atoms with Gasteiger partial charge in [-0.25, -0.2) is 0 Å². The van der Waals surface area contributed by atoms with E-state index in [1.807, 2.05) is 0 Å². The lowest BCUT2D eigenvalue weighted by Crippen LogP contribution is -2.54. The summed E-state index contributed by atoms with van der Waals surface area (Å²) in [7, 11) is 0. The Morgan fingerprint density at radius 3 is 1.54 bits per heavy atom. The van der Waals surface area contributed by atoms with Crippen LogP contribution in [0.25, 0.3) is 0 Å². The van der Waals surface area contributed by atoms with Crippen molar-refractivity contribution in [1.29, 1.82) is 0 Å². The fraction of sp³-hybridized carbons (Fsp3) is 1.00. The minimum absolute atomic E-state index is 0.108. The molecule has 0 amide bonds. The Morgan fingerprint density at radius 1 is 0.792 bits per heavy atom. The molecule has 2 heteroatoms. The van der Waals surface area contributed by atoms with Gasteiger partial charge in [0.05, 0.1) is 11.7 Å². The minimum Gasteiger partial charge on any atom is -0.346 e. The van der Waals surface area contributed by atoms with Crippen LogP contribution in [0.15, 0.2) is 0 Å². The molecule has 0 heterocycles. The number of hydrogen-bond acceptors (Lipinski definition) is 2. The van der Waals surface area contributed by atoms with Gasteiger partial charge >= 0.3 is 0 Å². The van der Waals surface area contributed by atoms with Crippen LogP contribution in [-0.2, 0) is 9.47 Å². The lowest BCUT2D eigenvalue weighted by atomic mass is 9.80. The zero-order chi connectivity index (χ0) is 19.6. The van der Waals surface area contributed by atoms with Crippen molar-refractivity contribution in [3.05, 3.63) is 0 Å². The second-order valence-electron chi connectivity index (χ2n) is 10.7. The smallest absolute Gasteiger partial charge is 0.171 e. The fourth-order valence-electron chi connectivity index (χ4n) is 2.37. The zero-order valence-electron chi connectivity index (χ0n) is 19.0. The van der Waals surface area contributed by atoms with Gasteiger partial charge in [0.1, 0.15) is 0 Å². The summed E-state index contributed by atoms with van der Waals surface area (Å²) < 4.78 is 13.4. The molecule has 24 heavy (non-hydrogen) atoms. The third kappa shape index (κ3) is 6.67. The van der Waals surface area contributed by atoms with E-state index in [1.165, 1.54) is 0 Å². The molecule has 0 fully saturated rings. The van der Waals surface area contributed by atoms with Crippen molar-refractivity contribution in [2.75, 3.05) is 0 Å². The van der Waals surface area contributed by atoms with Gasteiger partial charge in [-0.2, -0.15) is 0 Å². The van der Waals surface area contributed by atoms with Gasteiger partial charge in [0.2, 0.25) is 0 Å². The molecule has 0 aromatic carbocycles. The maximum absolute atomic E-state index is 6.77. The van der Waals surface area contributed by atoms with Crippen molar-refractivity contribution in [2.24, 2.45) is 22.7 Å². The fourth-order valence-corrected chi connectivity index (χ4v) is 2.37. The molecule has 0 bridgehead atoms. The molecule has 0 aliphatic rings. The van der Waals surface area contributed by atoms with Crippen molar-refractivity contribution < 1.29 is 9.47 Å². The normalized spacial score (nSPS) is 18.1. The predicted octanol–water partition coefficient (Wildman–Crippen LogP) is 7.07. The monoisotopic (exact) mass is 342 g/mol. The summed E-state index contributed by atoms with van der Waals surface area (Å²) in [5, 5.41) is 0. The SMILES string of the molecule is CCC(C)(C)CC(OC(C)(OC(C)(C)C(C)C)C(C)(C)C)C(C)C. The zero-order valence-corrected chi connectivity index (χ0v) is 19.0. The number of ether oxygens (including phenoxy) is 2. The van der Waals surface area contributed by atoms with Gasteiger partial charge in [-0.3, -0.25) is 0 Å². The molecule has 0 aromatic heterocycles. The van der Waals surface area contributed by atoms with Gasteiger partial charge in [-0.15, -0.1) is 0 Å². The summed E-state index contributed by atoms with van der Waals surface area (Å²) in [4.78, 5) is 0. The highest BCUT2D eigenvalue weighted by molar-refractivity contribution is 4.88. The largest absolute Gasteiger partial charge is 0.346 e. The van der Waals surface area contributed by atoms with E-state index < -0.39 is 5.79 Å². The summed E-state index contributed by atoms with van der Waals surface area (Å²) in [6.07, 6.45) is 2.40. The standard InChI is InChI=1S/C22H46O2/c1-14-20(9,10)15-18(16(2)3)23-22(13,19(6,7)8)24-21(11,12)17(4)5/h16-18H,14-15H2,1-13H3. The highest BCUT2D eigenvalue weighted by Gasteiger charge is 2.47. The minimum atomic E-state index is -0.625. The van der Waals surface area contributed by atoms with Crippen LogP contribution < -0.4 is 0 Å². The van der Waals surface area contributed by atoms with E-state index in [2.05, 4.69) is 90.0 Å². The van der Waals surface area contributed by atoms with E-state index in [4.69, 9.17) is 9.47 Å². The van der Waals surface area contributed by atoms with Crippen molar-refractivity contribution in [3.8, 4) is 0 Å². The molecule has 0 aliphatic carbocycles. The average molecular weight is 343 g/mol. The molecule has 0 spiro atoms. The molecule has 0 aliphatic heterocycles. The van der Waals surface area contributed by atoms with Crippen molar-refractivity contribution >= 4 is 0 Å². The third-order valence-corrected chi connectivity index (χ3v) is 6.04. The van der Waals surface area contributed by atoms with E-state index in [0.717, 1.165) is 12.8 Å². The molecule has 0 radical (unpaired) electrons. The van der Waals surface area contributed by atoms with Gasteiger partial charge < -0.3 is 9.47 Å². The molecule has 2 atom stereocenters. The second kappa shape index (κ2) is 8.08. The van der Waals surface area contributed by atoms with Gasteiger partial charge in [-0.1, -0.05) is 75.7 Å². The maximum atomic E-state index is 6.77. The van der Waals surface area contributed by atoms with E-state index in [1.54, 1.807) is 0 Å². The molecule has 0 N–H and O–H groups in total. The van der Waals surface area contributed by atoms with Crippen LogP contribution in [0, 0.1) is 22.7 Å². The average Bonchev–Trinajstić information content (AvgIpc) is 2.35. The van der Waals surface area contributed by atoms with E-state index in [-0.39, 0.29) is 22.5 Å². The Morgan fingerprint density at radius 2 is 1.25 bits per heavy atom. The van der Waals surface area contributed by atoms with Crippen LogP contribution in [-0.4, -0.2) is 17.5 Å². The first kappa shape index (κ1) is 23.9. The predicted molar refractivity (Wildman–Crippen MR) is 106 cm³/mol. The molecular formula is C22H46O2.